The second-order valence-corrected chi connectivity index (χ2v) is 7.97. The van der Waals surface area contributed by atoms with Gasteiger partial charge in [-0.3, -0.25) is 15.1 Å². The Morgan fingerprint density at radius 3 is 2.70 bits per heavy atom. The number of rotatable bonds is 6. The van der Waals surface area contributed by atoms with E-state index in [0.717, 1.165) is 34.7 Å². The molecular weight excluding hydrogens is 400 g/mol. The highest BCUT2D eigenvalue weighted by atomic mass is 32.2. The summed E-state index contributed by atoms with van der Waals surface area (Å²) in [6.07, 6.45) is 1.66. The van der Waals surface area contributed by atoms with Crippen molar-refractivity contribution in [2.45, 2.75) is 25.9 Å². The molecule has 30 heavy (non-hydrogen) atoms. The predicted molar refractivity (Wildman–Crippen MR) is 118 cm³/mol. The smallest absolute Gasteiger partial charge is 0.276 e. The number of para-hydroxylation sites is 1. The maximum absolute atomic E-state index is 13.1. The second-order valence-electron chi connectivity index (χ2n) is 6.89. The van der Waals surface area contributed by atoms with Crippen molar-refractivity contribution in [1.29, 1.82) is 0 Å². The molecule has 1 atom stereocenters. The van der Waals surface area contributed by atoms with Crippen LogP contribution in [-0.4, -0.2) is 36.1 Å². The van der Waals surface area contributed by atoms with Gasteiger partial charge in [-0.15, -0.1) is 5.10 Å². The molecule has 2 aliphatic heterocycles. The van der Waals surface area contributed by atoms with Crippen molar-refractivity contribution in [2.75, 3.05) is 20.0 Å². The summed E-state index contributed by atoms with van der Waals surface area (Å²) >= 11 is 1.55. The first kappa shape index (κ1) is 20.3. The molecule has 2 aliphatic rings. The Balaban J connectivity index is 1.84. The number of nitrogens with one attached hydrogen (secondary N) is 1. The number of benzene rings is 2. The Kier molecular flexibility index (Phi) is 5.94. The molecule has 0 unspecified atom stereocenters. The molecule has 2 aromatic rings. The highest BCUT2D eigenvalue weighted by Crippen LogP contribution is 2.35. The number of nitrogens with zero attached hydrogens (tertiary/aromatic N) is 3. The maximum Gasteiger partial charge on any atom is 0.276 e. The molecule has 0 radical (unpaired) electrons. The quantitative estimate of drug-likeness (QED) is 0.721. The van der Waals surface area contributed by atoms with Gasteiger partial charge in [-0.1, -0.05) is 49.4 Å². The summed E-state index contributed by atoms with van der Waals surface area (Å²) in [5, 5.41) is 11.5. The van der Waals surface area contributed by atoms with Crippen molar-refractivity contribution in [2.24, 2.45) is 10.1 Å². The van der Waals surface area contributed by atoms with Crippen molar-refractivity contribution in [3.05, 3.63) is 58.6 Å². The topological polar surface area (TPSA) is 75.5 Å². The minimum atomic E-state index is -0.484. The van der Waals surface area contributed by atoms with E-state index in [-0.39, 0.29) is 5.91 Å². The van der Waals surface area contributed by atoms with E-state index in [4.69, 9.17) is 19.6 Å². The number of amides is 1. The second kappa shape index (κ2) is 8.79. The van der Waals surface area contributed by atoms with Crippen LogP contribution in [0.2, 0.25) is 0 Å². The summed E-state index contributed by atoms with van der Waals surface area (Å²) < 4.78 is 10.8. The van der Waals surface area contributed by atoms with Crippen LogP contribution in [0.1, 0.15) is 31.5 Å². The lowest BCUT2D eigenvalue weighted by Gasteiger charge is -2.34. The average molecular weight is 425 g/mol. The van der Waals surface area contributed by atoms with E-state index in [2.05, 4.69) is 12.2 Å². The number of carbonyl (C=O) groups excluding carboxylic acids is 1. The van der Waals surface area contributed by atoms with Crippen molar-refractivity contribution >= 4 is 28.5 Å². The van der Waals surface area contributed by atoms with Crippen LogP contribution in [0.25, 0.3) is 5.70 Å². The fourth-order valence-corrected chi connectivity index (χ4v) is 4.37. The van der Waals surface area contributed by atoms with Crippen LogP contribution < -0.4 is 25.4 Å². The van der Waals surface area contributed by atoms with Gasteiger partial charge in [0.25, 0.3) is 5.91 Å². The zero-order valence-electron chi connectivity index (χ0n) is 17.2. The molecule has 4 rings (SSSR count). The summed E-state index contributed by atoms with van der Waals surface area (Å²) in [4.78, 5) is 18.0. The molecule has 156 valence electrons. The molecule has 0 spiro atoms. The van der Waals surface area contributed by atoms with Gasteiger partial charge in [0.05, 0.1) is 19.6 Å². The molecule has 0 fully saturated rings. The lowest BCUT2D eigenvalue weighted by molar-refractivity contribution is -0.116. The fraction of sp³-hybridized carbons (Fsp3) is 0.318. The zero-order chi connectivity index (χ0) is 21.1. The molecule has 8 heteroatoms. The SMILES string of the molecule is CCCCSC1=NN2C(=c3ccccc3=N[C@@H]2c2ccc(OC)c(OC)c2)C(=O)N1. The van der Waals surface area contributed by atoms with Crippen molar-refractivity contribution < 1.29 is 14.3 Å². The number of carbonyl (C=O) groups is 1. The largest absolute Gasteiger partial charge is 0.493 e. The number of thioether (sulfide) groups is 1. The van der Waals surface area contributed by atoms with Gasteiger partial charge in [-0.05, 0) is 24.6 Å². The summed E-state index contributed by atoms with van der Waals surface area (Å²) in [5.41, 5.74) is 1.36. The third-order valence-electron chi connectivity index (χ3n) is 4.96. The highest BCUT2D eigenvalue weighted by Gasteiger charge is 2.34. The van der Waals surface area contributed by atoms with E-state index in [0.29, 0.717) is 22.4 Å². The third-order valence-corrected chi connectivity index (χ3v) is 5.91. The molecule has 1 amide bonds. The van der Waals surface area contributed by atoms with E-state index in [1.165, 1.54) is 0 Å². The molecule has 0 aromatic heterocycles. The molecule has 0 bridgehead atoms. The van der Waals surface area contributed by atoms with Gasteiger partial charge in [0.1, 0.15) is 5.70 Å². The number of ether oxygens (including phenoxy) is 2. The first-order valence-corrected chi connectivity index (χ1v) is 10.9. The molecule has 1 N–H and O–H groups in total. The molecule has 0 saturated carbocycles. The summed E-state index contributed by atoms with van der Waals surface area (Å²) in [7, 11) is 3.20. The van der Waals surface area contributed by atoms with Crippen LogP contribution in [-0.2, 0) is 4.79 Å². The van der Waals surface area contributed by atoms with Crippen LogP contribution in [0.5, 0.6) is 11.5 Å². The van der Waals surface area contributed by atoms with Gasteiger partial charge in [0, 0.05) is 16.5 Å². The van der Waals surface area contributed by atoms with Crippen molar-refractivity contribution in [1.82, 2.24) is 10.3 Å². The third kappa shape index (κ3) is 3.75. The van der Waals surface area contributed by atoms with Crippen LogP contribution in [0.3, 0.4) is 0 Å². The minimum absolute atomic E-state index is 0.170. The Morgan fingerprint density at radius 1 is 1.13 bits per heavy atom. The Hall–Kier alpha value is -3.00. The van der Waals surface area contributed by atoms with Crippen LogP contribution in [0.15, 0.2) is 52.6 Å². The number of hydrogen-bond donors (Lipinski definition) is 1. The number of unbranched alkanes of at least 4 members (excludes halogenated alkanes) is 1. The molecular formula is C22H24N4O3S. The van der Waals surface area contributed by atoms with Gasteiger partial charge < -0.3 is 9.47 Å². The predicted octanol–water partition coefficient (Wildman–Crippen LogP) is 2.38. The zero-order valence-corrected chi connectivity index (χ0v) is 18.0. The van der Waals surface area contributed by atoms with Gasteiger partial charge in [-0.2, -0.15) is 0 Å². The van der Waals surface area contributed by atoms with E-state index in [9.17, 15) is 4.79 Å². The molecule has 0 aliphatic carbocycles. The number of amidine groups is 1. The first-order valence-electron chi connectivity index (χ1n) is 9.87. The highest BCUT2D eigenvalue weighted by molar-refractivity contribution is 8.13. The van der Waals surface area contributed by atoms with Crippen LogP contribution in [0.4, 0.5) is 0 Å². The number of hydrazone groups is 1. The number of hydrogen-bond acceptors (Lipinski definition) is 7. The lowest BCUT2D eigenvalue weighted by atomic mass is 10.1. The standard InChI is InChI=1S/C22H24N4O3S/c1-4-5-12-30-22-24-21(27)19-15-8-6-7-9-16(15)23-20(26(19)25-22)14-10-11-17(28-2)18(13-14)29-3/h6-11,13,20H,4-5,12H2,1-3H3,(H,24,25,27)/t20-/m0/s1. The van der Waals surface area contributed by atoms with Gasteiger partial charge in [0.2, 0.25) is 0 Å². The summed E-state index contributed by atoms with van der Waals surface area (Å²) in [5.74, 6) is 1.97. The Morgan fingerprint density at radius 2 is 1.93 bits per heavy atom. The van der Waals surface area contributed by atoms with Gasteiger partial charge in [-0.25, -0.2) is 5.01 Å². The number of methoxy groups -OCH3 is 2. The fourth-order valence-electron chi connectivity index (χ4n) is 3.44. The van der Waals surface area contributed by atoms with E-state index in [1.54, 1.807) is 31.0 Å². The number of fused-ring (bicyclic) bond motifs is 2. The van der Waals surface area contributed by atoms with Gasteiger partial charge >= 0.3 is 0 Å². The molecule has 2 heterocycles. The molecule has 0 saturated heterocycles. The van der Waals surface area contributed by atoms with E-state index in [1.807, 2.05) is 42.5 Å². The van der Waals surface area contributed by atoms with Crippen LogP contribution in [0, 0.1) is 0 Å². The van der Waals surface area contributed by atoms with Crippen molar-refractivity contribution in [3.63, 3.8) is 0 Å². The molecule has 7 nitrogen and oxygen atoms in total. The van der Waals surface area contributed by atoms with Crippen LogP contribution >= 0.6 is 11.8 Å². The normalized spacial score (nSPS) is 17.4. The minimum Gasteiger partial charge on any atom is -0.493 e. The Labute approximate surface area is 179 Å². The maximum atomic E-state index is 13.1. The first-order chi connectivity index (χ1) is 14.7. The monoisotopic (exact) mass is 424 g/mol. The summed E-state index contributed by atoms with van der Waals surface area (Å²) in [6.45, 7) is 2.14. The van der Waals surface area contributed by atoms with Crippen molar-refractivity contribution in [3.8, 4) is 11.5 Å². The Bertz CT molecular complexity index is 1120. The lowest BCUT2D eigenvalue weighted by Crippen LogP contribution is -2.50. The summed E-state index contributed by atoms with van der Waals surface area (Å²) in [6, 6.07) is 13.3. The van der Waals surface area contributed by atoms with E-state index >= 15 is 0 Å². The average Bonchev–Trinajstić information content (AvgIpc) is 2.78. The molecule has 2 aromatic carbocycles. The van der Waals surface area contributed by atoms with Gasteiger partial charge in [0.15, 0.2) is 22.8 Å². The van der Waals surface area contributed by atoms with E-state index < -0.39 is 6.17 Å².